The van der Waals surface area contributed by atoms with Gasteiger partial charge in [0.2, 0.25) is 11.0 Å². The maximum Gasteiger partial charge on any atom is 0.234 e. The fourth-order valence-corrected chi connectivity index (χ4v) is 3.55. The van der Waals surface area contributed by atoms with E-state index in [0.29, 0.717) is 15.7 Å². The third-order valence-electron chi connectivity index (χ3n) is 2.77. The minimum Gasteiger partial charge on any atom is -0.360 e. The first-order valence-corrected chi connectivity index (χ1v) is 9.60. The first kappa shape index (κ1) is 18.3. The van der Waals surface area contributed by atoms with Crippen LogP contribution in [0.5, 0.6) is 0 Å². The van der Waals surface area contributed by atoms with Crippen LogP contribution in [0.4, 0.5) is 10.8 Å². The fourth-order valence-electron chi connectivity index (χ4n) is 1.63. The number of amides is 1. The van der Waals surface area contributed by atoms with Gasteiger partial charge in [-0.05, 0) is 18.6 Å². The average Bonchev–Trinajstić information content (AvgIpc) is 2.98. The second-order valence-corrected chi connectivity index (χ2v) is 7.58. The Morgan fingerprint density at radius 1 is 1.35 bits per heavy atom. The zero-order valence-electron chi connectivity index (χ0n) is 12.4. The Kier molecular flexibility index (Phi) is 7.42. The number of carbonyl (C=O) groups excluding carboxylic acids is 1. The monoisotopic (exact) mass is 390 g/mol. The van der Waals surface area contributed by atoms with Gasteiger partial charge < -0.3 is 10.6 Å². The fraction of sp³-hybridized carbons (Fsp3) is 0.357. The summed E-state index contributed by atoms with van der Waals surface area (Å²) < 4.78 is 0.747. The molecule has 0 spiro atoms. The summed E-state index contributed by atoms with van der Waals surface area (Å²) >= 11 is 14.7. The molecule has 124 valence electrons. The molecule has 0 saturated heterocycles. The van der Waals surface area contributed by atoms with Crippen LogP contribution in [-0.4, -0.2) is 28.4 Å². The number of anilines is 2. The molecule has 0 saturated carbocycles. The quantitative estimate of drug-likeness (QED) is 0.500. The van der Waals surface area contributed by atoms with E-state index >= 15 is 0 Å². The first-order chi connectivity index (χ1) is 11.1. The van der Waals surface area contributed by atoms with Crippen molar-refractivity contribution in [2.45, 2.75) is 24.1 Å². The average molecular weight is 391 g/mol. The summed E-state index contributed by atoms with van der Waals surface area (Å²) in [5.41, 5.74) is 0.504. The first-order valence-electron chi connectivity index (χ1n) is 7.04. The molecule has 9 heteroatoms. The van der Waals surface area contributed by atoms with Gasteiger partial charge in [0.25, 0.3) is 0 Å². The van der Waals surface area contributed by atoms with Gasteiger partial charge in [-0.1, -0.05) is 65.7 Å². The maximum absolute atomic E-state index is 12.0. The summed E-state index contributed by atoms with van der Waals surface area (Å²) in [7, 11) is 0. The van der Waals surface area contributed by atoms with E-state index in [2.05, 4.69) is 27.8 Å². The molecule has 23 heavy (non-hydrogen) atoms. The van der Waals surface area contributed by atoms with Crippen molar-refractivity contribution in [1.29, 1.82) is 0 Å². The van der Waals surface area contributed by atoms with Crippen LogP contribution in [0, 0.1) is 0 Å². The van der Waals surface area contributed by atoms with Crippen molar-refractivity contribution in [2.75, 3.05) is 22.9 Å². The van der Waals surface area contributed by atoms with E-state index in [1.54, 1.807) is 18.2 Å². The number of nitrogens with zero attached hydrogens (tertiary/aromatic N) is 2. The van der Waals surface area contributed by atoms with Gasteiger partial charge in [-0.2, -0.15) is 0 Å². The molecule has 1 aromatic carbocycles. The van der Waals surface area contributed by atoms with Gasteiger partial charge in [-0.25, -0.2) is 0 Å². The third-order valence-corrected chi connectivity index (χ3v) is 5.60. The van der Waals surface area contributed by atoms with E-state index in [4.69, 9.17) is 23.2 Å². The number of nitrogens with one attached hydrogen (secondary N) is 2. The predicted molar refractivity (Wildman–Crippen MR) is 99.1 cm³/mol. The van der Waals surface area contributed by atoms with Crippen molar-refractivity contribution in [3.63, 3.8) is 0 Å². The second-order valence-electron chi connectivity index (χ2n) is 4.59. The zero-order chi connectivity index (χ0) is 16.7. The highest BCUT2D eigenvalue weighted by atomic mass is 35.5. The van der Waals surface area contributed by atoms with Gasteiger partial charge in [-0.3, -0.25) is 4.79 Å². The van der Waals surface area contributed by atoms with Gasteiger partial charge in [0.15, 0.2) is 4.34 Å². The van der Waals surface area contributed by atoms with Crippen molar-refractivity contribution in [1.82, 2.24) is 10.2 Å². The number of hydrogen-bond acceptors (Lipinski definition) is 6. The smallest absolute Gasteiger partial charge is 0.234 e. The molecule has 0 unspecified atom stereocenters. The Morgan fingerprint density at radius 2 is 2.17 bits per heavy atom. The van der Waals surface area contributed by atoms with Crippen LogP contribution in [0.25, 0.3) is 0 Å². The zero-order valence-corrected chi connectivity index (χ0v) is 15.6. The molecular formula is C14H16Cl2N4OS2. The van der Waals surface area contributed by atoms with E-state index in [1.807, 2.05) is 0 Å². The Labute approximate surface area is 153 Å². The summed E-state index contributed by atoms with van der Waals surface area (Å²) in [4.78, 5) is 12.0. The van der Waals surface area contributed by atoms with Crippen LogP contribution in [0.1, 0.15) is 19.8 Å². The molecule has 5 nitrogen and oxygen atoms in total. The van der Waals surface area contributed by atoms with Crippen molar-refractivity contribution in [3.8, 4) is 0 Å². The van der Waals surface area contributed by atoms with Gasteiger partial charge in [0.1, 0.15) is 0 Å². The van der Waals surface area contributed by atoms with Gasteiger partial charge in [-0.15, -0.1) is 10.2 Å². The topological polar surface area (TPSA) is 66.9 Å². The SMILES string of the molecule is CCCCNc1nnc(SCC(=O)Nc2cccc(Cl)c2Cl)s1. The summed E-state index contributed by atoms with van der Waals surface area (Å²) in [6, 6.07) is 5.11. The Hall–Kier alpha value is -1.02. The highest BCUT2D eigenvalue weighted by molar-refractivity contribution is 8.01. The van der Waals surface area contributed by atoms with Crippen LogP contribution in [0.2, 0.25) is 10.0 Å². The molecule has 0 aliphatic carbocycles. The number of hydrogen-bond donors (Lipinski definition) is 2. The van der Waals surface area contributed by atoms with Crippen molar-refractivity contribution in [2.24, 2.45) is 0 Å². The molecule has 1 heterocycles. The normalized spacial score (nSPS) is 10.6. The minimum atomic E-state index is -0.171. The number of benzene rings is 1. The summed E-state index contributed by atoms with van der Waals surface area (Å²) in [5, 5.41) is 15.6. The van der Waals surface area contributed by atoms with Crippen molar-refractivity contribution in [3.05, 3.63) is 28.2 Å². The molecule has 0 atom stereocenters. The lowest BCUT2D eigenvalue weighted by molar-refractivity contribution is -0.113. The number of thioether (sulfide) groups is 1. The van der Waals surface area contributed by atoms with Crippen LogP contribution in [0.15, 0.2) is 22.5 Å². The lowest BCUT2D eigenvalue weighted by atomic mass is 10.3. The highest BCUT2D eigenvalue weighted by Gasteiger charge is 2.11. The second kappa shape index (κ2) is 9.32. The van der Waals surface area contributed by atoms with Crippen LogP contribution >= 0.6 is 46.3 Å². The Bertz CT molecular complexity index is 666. The van der Waals surface area contributed by atoms with E-state index < -0.39 is 0 Å². The molecule has 0 bridgehead atoms. The number of rotatable bonds is 8. The molecule has 0 aliphatic rings. The highest BCUT2D eigenvalue weighted by Crippen LogP contribution is 2.30. The van der Waals surface area contributed by atoms with Crippen molar-refractivity contribution >= 4 is 63.0 Å². The van der Waals surface area contributed by atoms with E-state index in [1.165, 1.54) is 23.1 Å². The summed E-state index contributed by atoms with van der Waals surface area (Å²) in [6.07, 6.45) is 2.21. The standard InChI is InChI=1S/C14H16Cl2N4OS2/c1-2-3-7-17-13-19-20-14(23-13)22-8-11(21)18-10-6-4-5-9(15)12(10)16/h4-6H,2-3,7-8H2,1H3,(H,17,19)(H,18,21). The lowest BCUT2D eigenvalue weighted by Gasteiger charge is -2.07. The predicted octanol–water partition coefficient (Wildman–Crippen LogP) is 4.79. The molecule has 2 rings (SSSR count). The number of halogens is 2. The molecule has 1 amide bonds. The summed E-state index contributed by atoms with van der Waals surface area (Å²) in [6.45, 7) is 3.01. The molecule has 0 aliphatic heterocycles. The molecule has 0 fully saturated rings. The van der Waals surface area contributed by atoms with Gasteiger partial charge in [0.05, 0.1) is 21.5 Å². The van der Waals surface area contributed by atoms with Crippen LogP contribution in [0.3, 0.4) is 0 Å². The molecule has 1 aromatic heterocycles. The van der Waals surface area contributed by atoms with Gasteiger partial charge in [0, 0.05) is 6.54 Å². The number of carbonyl (C=O) groups is 1. The lowest BCUT2D eigenvalue weighted by Crippen LogP contribution is -2.14. The molecule has 2 aromatic rings. The van der Waals surface area contributed by atoms with Crippen LogP contribution in [-0.2, 0) is 4.79 Å². The Morgan fingerprint density at radius 3 is 2.96 bits per heavy atom. The van der Waals surface area contributed by atoms with Crippen LogP contribution < -0.4 is 10.6 Å². The Balaban J connectivity index is 1.81. The third kappa shape index (κ3) is 5.84. The van der Waals surface area contributed by atoms with Crippen molar-refractivity contribution < 1.29 is 4.79 Å². The van der Waals surface area contributed by atoms with E-state index in [0.717, 1.165) is 28.9 Å². The summed E-state index contributed by atoms with van der Waals surface area (Å²) in [5.74, 6) is 0.0572. The van der Waals surface area contributed by atoms with E-state index in [9.17, 15) is 4.79 Å². The molecule has 2 N–H and O–H groups in total. The molecule has 0 radical (unpaired) electrons. The molecular weight excluding hydrogens is 375 g/mol. The number of aromatic nitrogens is 2. The number of unbranched alkanes of at least 4 members (excludes halogenated alkanes) is 1. The largest absolute Gasteiger partial charge is 0.360 e. The minimum absolute atomic E-state index is 0.171. The van der Waals surface area contributed by atoms with Gasteiger partial charge >= 0.3 is 0 Å². The van der Waals surface area contributed by atoms with E-state index in [-0.39, 0.29) is 11.7 Å². The maximum atomic E-state index is 12.0.